The Bertz CT molecular complexity index is 376. The van der Waals surface area contributed by atoms with Gasteiger partial charge in [-0.3, -0.25) is 0 Å². The molecular weight excluding hydrogens is 236 g/mol. The van der Waals surface area contributed by atoms with Crippen molar-refractivity contribution in [3.05, 3.63) is 28.8 Å². The topological polar surface area (TPSA) is 26.7 Å². The Kier molecular flexibility index (Phi) is 4.26. The zero-order valence-electron chi connectivity index (χ0n) is 10.2. The summed E-state index contributed by atoms with van der Waals surface area (Å²) in [5.41, 5.74) is 2.21. The molecular formula is C13H19ClN2O. The highest BCUT2D eigenvalue weighted by Gasteiger charge is 2.16. The molecule has 0 spiro atoms. The lowest BCUT2D eigenvalue weighted by Gasteiger charge is -2.34. The standard InChI is InChI=1S/C13H19ClN2O/c1-15-5-7-16(8-6-15)13-3-2-11(4-9-17)10-12(13)14/h2-3,10,17H,4-9H2,1H3. The third-order valence-corrected chi connectivity index (χ3v) is 3.56. The first-order valence-corrected chi connectivity index (χ1v) is 6.41. The quantitative estimate of drug-likeness (QED) is 0.888. The highest BCUT2D eigenvalue weighted by molar-refractivity contribution is 6.33. The number of rotatable bonds is 3. The van der Waals surface area contributed by atoms with Crippen molar-refractivity contribution in [2.24, 2.45) is 0 Å². The molecule has 0 unspecified atom stereocenters. The molecule has 17 heavy (non-hydrogen) atoms. The van der Waals surface area contributed by atoms with Gasteiger partial charge in [0.1, 0.15) is 0 Å². The van der Waals surface area contributed by atoms with Crippen molar-refractivity contribution in [3.8, 4) is 0 Å². The number of halogens is 1. The second kappa shape index (κ2) is 5.71. The van der Waals surface area contributed by atoms with Crippen LogP contribution in [0.15, 0.2) is 18.2 Å². The fraction of sp³-hybridized carbons (Fsp3) is 0.538. The van der Waals surface area contributed by atoms with E-state index in [2.05, 4.69) is 29.0 Å². The van der Waals surface area contributed by atoms with Crippen LogP contribution in [0.3, 0.4) is 0 Å². The molecule has 1 saturated heterocycles. The van der Waals surface area contributed by atoms with Gasteiger partial charge in [-0.15, -0.1) is 0 Å². The molecule has 1 heterocycles. The maximum atomic E-state index is 8.90. The molecule has 0 aliphatic carbocycles. The molecule has 94 valence electrons. The van der Waals surface area contributed by atoms with E-state index < -0.39 is 0 Å². The fourth-order valence-electron chi connectivity index (χ4n) is 2.14. The van der Waals surface area contributed by atoms with E-state index in [9.17, 15) is 0 Å². The first-order chi connectivity index (χ1) is 8.20. The molecule has 1 N–H and O–H groups in total. The van der Waals surface area contributed by atoms with Gasteiger partial charge in [-0.05, 0) is 31.2 Å². The molecule has 4 heteroatoms. The summed E-state index contributed by atoms with van der Waals surface area (Å²) < 4.78 is 0. The van der Waals surface area contributed by atoms with Crippen LogP contribution in [-0.2, 0) is 6.42 Å². The van der Waals surface area contributed by atoms with Gasteiger partial charge in [-0.25, -0.2) is 0 Å². The minimum absolute atomic E-state index is 0.171. The van der Waals surface area contributed by atoms with Crippen molar-refractivity contribution in [1.82, 2.24) is 4.90 Å². The molecule has 3 nitrogen and oxygen atoms in total. The molecule has 0 atom stereocenters. The monoisotopic (exact) mass is 254 g/mol. The highest BCUT2D eigenvalue weighted by Crippen LogP contribution is 2.27. The summed E-state index contributed by atoms with van der Waals surface area (Å²) in [5, 5.41) is 9.69. The molecule has 0 saturated carbocycles. The molecule has 0 bridgehead atoms. The number of piperazine rings is 1. The molecule has 0 radical (unpaired) electrons. The van der Waals surface area contributed by atoms with Crippen molar-refractivity contribution in [2.45, 2.75) is 6.42 Å². The van der Waals surface area contributed by atoms with E-state index in [1.165, 1.54) is 0 Å². The lowest BCUT2D eigenvalue weighted by Crippen LogP contribution is -2.44. The van der Waals surface area contributed by atoms with Gasteiger partial charge in [0.2, 0.25) is 0 Å². The van der Waals surface area contributed by atoms with Gasteiger partial charge >= 0.3 is 0 Å². The Balaban J connectivity index is 2.10. The average Bonchev–Trinajstić information content (AvgIpc) is 2.31. The van der Waals surface area contributed by atoms with E-state index in [0.29, 0.717) is 6.42 Å². The SMILES string of the molecule is CN1CCN(c2ccc(CCO)cc2Cl)CC1. The van der Waals surface area contributed by atoms with Crippen LogP contribution >= 0.6 is 11.6 Å². The fourth-order valence-corrected chi connectivity index (χ4v) is 2.46. The lowest BCUT2D eigenvalue weighted by atomic mass is 10.1. The number of hydrogen-bond acceptors (Lipinski definition) is 3. The van der Waals surface area contributed by atoms with Crippen molar-refractivity contribution in [1.29, 1.82) is 0 Å². The minimum atomic E-state index is 0.171. The maximum absolute atomic E-state index is 8.90. The van der Waals surface area contributed by atoms with Crippen LogP contribution in [0, 0.1) is 0 Å². The molecule has 1 fully saturated rings. The molecule has 1 aliphatic rings. The van der Waals surface area contributed by atoms with Gasteiger partial charge < -0.3 is 14.9 Å². The summed E-state index contributed by atoms with van der Waals surface area (Å²) in [6.45, 7) is 4.37. The van der Waals surface area contributed by atoms with Crippen molar-refractivity contribution in [3.63, 3.8) is 0 Å². The zero-order valence-corrected chi connectivity index (χ0v) is 11.0. The molecule has 0 amide bonds. The largest absolute Gasteiger partial charge is 0.396 e. The number of hydrogen-bond donors (Lipinski definition) is 1. The average molecular weight is 255 g/mol. The van der Waals surface area contributed by atoms with Crippen LogP contribution in [0.4, 0.5) is 5.69 Å². The number of likely N-dealkylation sites (N-methyl/N-ethyl adjacent to an activating group) is 1. The summed E-state index contributed by atoms with van der Waals surface area (Å²) in [5.74, 6) is 0. The van der Waals surface area contributed by atoms with E-state index in [4.69, 9.17) is 16.7 Å². The van der Waals surface area contributed by atoms with E-state index in [0.717, 1.165) is 42.5 Å². The van der Waals surface area contributed by atoms with E-state index in [1.54, 1.807) is 0 Å². The van der Waals surface area contributed by atoms with Crippen LogP contribution in [0.2, 0.25) is 5.02 Å². The van der Waals surface area contributed by atoms with Gasteiger partial charge in [0, 0.05) is 32.8 Å². The second-order valence-corrected chi connectivity index (χ2v) is 4.96. The Morgan fingerprint density at radius 3 is 2.53 bits per heavy atom. The van der Waals surface area contributed by atoms with Crippen LogP contribution in [0.25, 0.3) is 0 Å². The third kappa shape index (κ3) is 3.12. The van der Waals surface area contributed by atoms with Crippen molar-refractivity contribution >= 4 is 17.3 Å². The number of benzene rings is 1. The Morgan fingerprint density at radius 2 is 1.94 bits per heavy atom. The van der Waals surface area contributed by atoms with Crippen LogP contribution < -0.4 is 4.90 Å². The summed E-state index contributed by atoms with van der Waals surface area (Å²) in [7, 11) is 2.14. The first kappa shape index (κ1) is 12.7. The predicted octanol–water partition coefficient (Wildman–Crippen LogP) is 1.63. The van der Waals surface area contributed by atoms with Crippen LogP contribution in [-0.4, -0.2) is 49.8 Å². The predicted molar refractivity (Wildman–Crippen MR) is 72.0 cm³/mol. The summed E-state index contributed by atoms with van der Waals surface area (Å²) >= 11 is 6.30. The van der Waals surface area contributed by atoms with Gasteiger partial charge in [0.25, 0.3) is 0 Å². The molecule has 1 aliphatic heterocycles. The highest BCUT2D eigenvalue weighted by atomic mass is 35.5. The summed E-state index contributed by atoms with van der Waals surface area (Å²) in [4.78, 5) is 4.65. The number of aliphatic hydroxyl groups excluding tert-OH is 1. The number of anilines is 1. The van der Waals surface area contributed by atoms with Crippen LogP contribution in [0.1, 0.15) is 5.56 Å². The van der Waals surface area contributed by atoms with Crippen molar-refractivity contribution in [2.75, 3.05) is 44.7 Å². The number of nitrogens with zero attached hydrogens (tertiary/aromatic N) is 2. The van der Waals surface area contributed by atoms with Gasteiger partial charge in [-0.1, -0.05) is 17.7 Å². The van der Waals surface area contributed by atoms with E-state index >= 15 is 0 Å². The van der Waals surface area contributed by atoms with Crippen molar-refractivity contribution < 1.29 is 5.11 Å². The summed E-state index contributed by atoms with van der Waals surface area (Å²) in [6.07, 6.45) is 0.669. The minimum Gasteiger partial charge on any atom is -0.396 e. The third-order valence-electron chi connectivity index (χ3n) is 3.26. The Labute approximate surface area is 108 Å². The van der Waals surface area contributed by atoms with Gasteiger partial charge in [0.15, 0.2) is 0 Å². The van der Waals surface area contributed by atoms with Gasteiger partial charge in [-0.2, -0.15) is 0 Å². The van der Waals surface area contributed by atoms with Gasteiger partial charge in [0.05, 0.1) is 10.7 Å². The second-order valence-electron chi connectivity index (χ2n) is 4.55. The van der Waals surface area contributed by atoms with Crippen LogP contribution in [0.5, 0.6) is 0 Å². The summed E-state index contributed by atoms with van der Waals surface area (Å²) in [6, 6.07) is 6.08. The smallest absolute Gasteiger partial charge is 0.0642 e. The normalized spacial score (nSPS) is 17.5. The Morgan fingerprint density at radius 1 is 1.24 bits per heavy atom. The zero-order chi connectivity index (χ0) is 12.3. The Hall–Kier alpha value is -0.770. The molecule has 1 aromatic rings. The molecule has 2 rings (SSSR count). The van der Waals surface area contributed by atoms with E-state index in [1.807, 2.05) is 6.07 Å². The first-order valence-electron chi connectivity index (χ1n) is 6.03. The maximum Gasteiger partial charge on any atom is 0.0642 e. The number of aliphatic hydroxyl groups is 1. The molecule has 0 aromatic heterocycles. The lowest BCUT2D eigenvalue weighted by molar-refractivity contribution is 0.299. The van der Waals surface area contributed by atoms with E-state index in [-0.39, 0.29) is 6.61 Å². The molecule has 1 aromatic carbocycles.